The van der Waals surface area contributed by atoms with E-state index in [0.29, 0.717) is 0 Å². The van der Waals surface area contributed by atoms with Gasteiger partial charge in [0.25, 0.3) is 0 Å². The van der Waals surface area contributed by atoms with Crippen LogP contribution in [0.3, 0.4) is 0 Å². The summed E-state index contributed by atoms with van der Waals surface area (Å²) in [7, 11) is 0. The molecule has 0 amide bonds. The van der Waals surface area contributed by atoms with Gasteiger partial charge in [0.2, 0.25) is 0 Å². The summed E-state index contributed by atoms with van der Waals surface area (Å²) in [5.74, 6) is 0.741. The molecule has 0 atom stereocenters. The van der Waals surface area contributed by atoms with E-state index in [1.165, 1.54) is 43.4 Å². The quantitative estimate of drug-likeness (QED) is 0.247. The van der Waals surface area contributed by atoms with Crippen LogP contribution in [0, 0.1) is 0 Å². The smallest absolute Gasteiger partial charge is 0.159 e. The van der Waals surface area contributed by atoms with Crippen LogP contribution < -0.4 is 0 Å². The van der Waals surface area contributed by atoms with E-state index in [1.807, 2.05) is 42.6 Å². The molecule has 0 saturated carbocycles. The van der Waals surface area contributed by atoms with Crippen molar-refractivity contribution in [1.29, 1.82) is 0 Å². The maximum absolute atomic E-state index is 4.81. The van der Waals surface area contributed by atoms with Gasteiger partial charge in [-0.05, 0) is 55.6 Å². The number of benzene rings is 6. The first-order valence-corrected chi connectivity index (χ1v) is 12.2. The van der Waals surface area contributed by atoms with E-state index in [9.17, 15) is 0 Å². The van der Waals surface area contributed by atoms with Crippen molar-refractivity contribution >= 4 is 32.3 Å². The van der Waals surface area contributed by atoms with Gasteiger partial charge in [0.15, 0.2) is 5.82 Å². The summed E-state index contributed by atoms with van der Waals surface area (Å²) in [5, 5.41) is 7.77. The minimum atomic E-state index is 0.741. The van der Waals surface area contributed by atoms with Crippen molar-refractivity contribution in [2.24, 2.45) is 0 Å². The summed E-state index contributed by atoms with van der Waals surface area (Å²) in [6.07, 6.45) is 1.83. The summed E-state index contributed by atoms with van der Waals surface area (Å²) >= 11 is 0. The standard InChI is InChI=1S/C34H22N2/c1-2-8-25(9-3-1)34-35-21-20-33(36-34)24-16-14-23(15-17-24)26-18-19-31-29-12-5-4-10-27(29)28-11-6-7-13-30(28)32(31)22-26/h1-22H. The van der Waals surface area contributed by atoms with Crippen molar-refractivity contribution in [1.82, 2.24) is 9.97 Å². The van der Waals surface area contributed by atoms with E-state index >= 15 is 0 Å². The fraction of sp³-hybridized carbons (Fsp3) is 0. The predicted octanol–water partition coefficient (Wildman–Crippen LogP) is 8.94. The number of fused-ring (bicyclic) bond motifs is 6. The summed E-state index contributed by atoms with van der Waals surface area (Å²) in [6, 6.07) is 45.0. The van der Waals surface area contributed by atoms with Crippen LogP contribution in [0.1, 0.15) is 0 Å². The molecule has 7 rings (SSSR count). The van der Waals surface area contributed by atoms with Crippen LogP contribution in [-0.4, -0.2) is 9.97 Å². The van der Waals surface area contributed by atoms with Crippen molar-refractivity contribution in [3.63, 3.8) is 0 Å². The summed E-state index contributed by atoms with van der Waals surface area (Å²) in [5.41, 5.74) is 5.42. The molecule has 0 N–H and O–H groups in total. The molecule has 2 heteroatoms. The van der Waals surface area contributed by atoms with Crippen LogP contribution in [0.15, 0.2) is 134 Å². The van der Waals surface area contributed by atoms with Gasteiger partial charge in [0, 0.05) is 17.3 Å². The van der Waals surface area contributed by atoms with Crippen molar-refractivity contribution in [2.45, 2.75) is 0 Å². The third kappa shape index (κ3) is 3.43. The SMILES string of the molecule is c1ccc(-c2nccc(-c3ccc(-c4ccc5c6ccccc6c6ccccc6c5c4)cc3)n2)cc1. The number of rotatable bonds is 3. The highest BCUT2D eigenvalue weighted by molar-refractivity contribution is 6.25. The number of hydrogen-bond donors (Lipinski definition) is 0. The van der Waals surface area contributed by atoms with Crippen LogP contribution in [0.5, 0.6) is 0 Å². The third-order valence-corrected chi connectivity index (χ3v) is 6.95. The maximum Gasteiger partial charge on any atom is 0.159 e. The van der Waals surface area contributed by atoms with Gasteiger partial charge in [-0.2, -0.15) is 0 Å². The highest BCUT2D eigenvalue weighted by Crippen LogP contribution is 2.37. The Morgan fingerprint density at radius 2 is 0.889 bits per heavy atom. The Kier molecular flexibility index (Phi) is 4.82. The first kappa shape index (κ1) is 20.5. The monoisotopic (exact) mass is 458 g/mol. The Morgan fingerprint density at radius 3 is 1.56 bits per heavy atom. The zero-order valence-electron chi connectivity index (χ0n) is 19.6. The predicted molar refractivity (Wildman–Crippen MR) is 151 cm³/mol. The average Bonchev–Trinajstić information content (AvgIpc) is 2.98. The van der Waals surface area contributed by atoms with Gasteiger partial charge in [-0.15, -0.1) is 0 Å². The van der Waals surface area contributed by atoms with Gasteiger partial charge >= 0.3 is 0 Å². The van der Waals surface area contributed by atoms with E-state index in [2.05, 4.69) is 96.0 Å². The van der Waals surface area contributed by atoms with Gasteiger partial charge in [0.1, 0.15) is 0 Å². The van der Waals surface area contributed by atoms with Crippen LogP contribution >= 0.6 is 0 Å². The molecule has 0 aliphatic heterocycles. The molecule has 0 unspecified atom stereocenters. The molecule has 168 valence electrons. The molecule has 0 radical (unpaired) electrons. The lowest BCUT2D eigenvalue weighted by atomic mass is 9.92. The molecular weight excluding hydrogens is 436 g/mol. The lowest BCUT2D eigenvalue weighted by molar-refractivity contribution is 1.18. The van der Waals surface area contributed by atoms with Gasteiger partial charge in [0.05, 0.1) is 5.69 Å². The molecule has 0 aliphatic rings. The number of nitrogens with zero attached hydrogens (tertiary/aromatic N) is 2. The molecular formula is C34H22N2. The molecule has 0 bridgehead atoms. The fourth-order valence-electron chi connectivity index (χ4n) is 5.17. The molecule has 1 aromatic heterocycles. The van der Waals surface area contributed by atoms with Crippen LogP contribution in [0.25, 0.3) is 66.1 Å². The first-order chi connectivity index (χ1) is 17.8. The zero-order chi connectivity index (χ0) is 23.9. The van der Waals surface area contributed by atoms with Crippen LogP contribution in [0.2, 0.25) is 0 Å². The van der Waals surface area contributed by atoms with E-state index in [0.717, 1.165) is 22.6 Å². The fourth-order valence-corrected chi connectivity index (χ4v) is 5.17. The Hall–Kier alpha value is -4.82. The summed E-state index contributed by atoms with van der Waals surface area (Å²) in [4.78, 5) is 9.27. The molecule has 6 aromatic carbocycles. The first-order valence-electron chi connectivity index (χ1n) is 12.2. The highest BCUT2D eigenvalue weighted by atomic mass is 14.9. The largest absolute Gasteiger partial charge is 0.237 e. The minimum Gasteiger partial charge on any atom is -0.237 e. The molecule has 0 saturated heterocycles. The second kappa shape index (κ2) is 8.44. The normalized spacial score (nSPS) is 11.3. The molecule has 2 nitrogen and oxygen atoms in total. The Labute approximate surface area is 209 Å². The van der Waals surface area contributed by atoms with Crippen molar-refractivity contribution < 1.29 is 0 Å². The minimum absolute atomic E-state index is 0.741. The lowest BCUT2D eigenvalue weighted by Gasteiger charge is -2.12. The van der Waals surface area contributed by atoms with E-state index in [4.69, 9.17) is 4.98 Å². The maximum atomic E-state index is 4.81. The van der Waals surface area contributed by atoms with E-state index in [1.54, 1.807) is 0 Å². The Morgan fingerprint density at radius 1 is 0.361 bits per heavy atom. The van der Waals surface area contributed by atoms with Crippen molar-refractivity contribution in [2.75, 3.05) is 0 Å². The molecule has 1 heterocycles. The van der Waals surface area contributed by atoms with Gasteiger partial charge in [-0.1, -0.05) is 115 Å². The molecule has 7 aromatic rings. The van der Waals surface area contributed by atoms with E-state index < -0.39 is 0 Å². The van der Waals surface area contributed by atoms with Gasteiger partial charge < -0.3 is 0 Å². The van der Waals surface area contributed by atoms with E-state index in [-0.39, 0.29) is 0 Å². The number of hydrogen-bond acceptors (Lipinski definition) is 2. The topological polar surface area (TPSA) is 25.8 Å². The van der Waals surface area contributed by atoms with Gasteiger partial charge in [-0.25, -0.2) is 9.97 Å². The molecule has 36 heavy (non-hydrogen) atoms. The second-order valence-corrected chi connectivity index (χ2v) is 9.06. The summed E-state index contributed by atoms with van der Waals surface area (Å²) in [6.45, 7) is 0. The highest BCUT2D eigenvalue weighted by Gasteiger charge is 2.10. The molecule has 0 spiro atoms. The van der Waals surface area contributed by atoms with Crippen LogP contribution in [-0.2, 0) is 0 Å². The summed E-state index contributed by atoms with van der Waals surface area (Å²) < 4.78 is 0. The lowest BCUT2D eigenvalue weighted by Crippen LogP contribution is -1.91. The van der Waals surface area contributed by atoms with Gasteiger partial charge in [-0.3, -0.25) is 0 Å². The number of aromatic nitrogens is 2. The Balaban J connectivity index is 1.31. The van der Waals surface area contributed by atoms with Crippen molar-refractivity contribution in [3.05, 3.63) is 134 Å². The third-order valence-electron chi connectivity index (χ3n) is 6.95. The van der Waals surface area contributed by atoms with Crippen molar-refractivity contribution in [3.8, 4) is 33.8 Å². The second-order valence-electron chi connectivity index (χ2n) is 9.06. The average molecular weight is 459 g/mol. The molecule has 0 fully saturated rings. The zero-order valence-corrected chi connectivity index (χ0v) is 19.6. The molecule has 0 aliphatic carbocycles. The Bertz CT molecular complexity index is 1840. The van der Waals surface area contributed by atoms with Crippen LogP contribution in [0.4, 0.5) is 0 Å².